The van der Waals surface area contributed by atoms with Crippen LogP contribution in [0.2, 0.25) is 0 Å². The molecule has 1 aromatic heterocycles. The highest BCUT2D eigenvalue weighted by molar-refractivity contribution is 14.0. The first-order chi connectivity index (χ1) is 9.76. The number of halogens is 1. The Kier molecular flexibility index (Phi) is 12.2. The number of hydrogen-bond acceptors (Lipinski definition) is 6. The molecule has 0 aliphatic heterocycles. The highest BCUT2D eigenvalue weighted by atomic mass is 127. The highest BCUT2D eigenvalue weighted by Crippen LogP contribution is 1.93. The number of ether oxygens (including phenoxy) is 2. The van der Waals surface area contributed by atoms with Crippen LogP contribution in [0.15, 0.2) is 9.52 Å². The van der Waals surface area contributed by atoms with Crippen LogP contribution in [0.5, 0.6) is 0 Å². The Morgan fingerprint density at radius 3 is 2.71 bits per heavy atom. The molecule has 9 heteroatoms. The van der Waals surface area contributed by atoms with Crippen molar-refractivity contribution in [2.75, 3.05) is 40.5 Å². The standard InChI is InChI=1S/C12H23N5O3.HI/c1-10-16-11(17-20-10)9-15-12(13-2)14-5-4-6-19-8-7-18-3;/h4-9H2,1-3H3,(H2,13,14,15);1H. The summed E-state index contributed by atoms with van der Waals surface area (Å²) in [5, 5.41) is 10.1. The maximum absolute atomic E-state index is 5.36. The topological polar surface area (TPSA) is 93.8 Å². The third kappa shape index (κ3) is 9.58. The molecule has 0 amide bonds. The maximum atomic E-state index is 5.36. The smallest absolute Gasteiger partial charge is 0.223 e. The average Bonchev–Trinajstić information content (AvgIpc) is 2.87. The largest absolute Gasteiger partial charge is 0.382 e. The van der Waals surface area contributed by atoms with Crippen LogP contribution in [0.3, 0.4) is 0 Å². The van der Waals surface area contributed by atoms with Crippen molar-refractivity contribution in [3.05, 3.63) is 11.7 Å². The lowest BCUT2D eigenvalue weighted by molar-refractivity contribution is 0.0698. The molecule has 1 heterocycles. The number of nitrogens with one attached hydrogen (secondary N) is 2. The summed E-state index contributed by atoms with van der Waals surface area (Å²) in [6.07, 6.45) is 0.895. The van der Waals surface area contributed by atoms with Crippen molar-refractivity contribution in [3.8, 4) is 0 Å². The Morgan fingerprint density at radius 2 is 2.10 bits per heavy atom. The van der Waals surface area contributed by atoms with Gasteiger partial charge in [0.15, 0.2) is 11.8 Å². The van der Waals surface area contributed by atoms with Crippen LogP contribution in [-0.4, -0.2) is 56.6 Å². The third-order valence-electron chi connectivity index (χ3n) is 2.40. The summed E-state index contributed by atoms with van der Waals surface area (Å²) >= 11 is 0. The van der Waals surface area contributed by atoms with Crippen molar-refractivity contribution >= 4 is 29.9 Å². The van der Waals surface area contributed by atoms with E-state index in [0.717, 1.165) is 13.0 Å². The van der Waals surface area contributed by atoms with Gasteiger partial charge in [-0.15, -0.1) is 24.0 Å². The summed E-state index contributed by atoms with van der Waals surface area (Å²) in [4.78, 5) is 8.20. The van der Waals surface area contributed by atoms with Crippen LogP contribution >= 0.6 is 24.0 Å². The maximum Gasteiger partial charge on any atom is 0.223 e. The molecule has 0 aliphatic carbocycles. The summed E-state index contributed by atoms with van der Waals surface area (Å²) in [5.74, 6) is 1.86. The van der Waals surface area contributed by atoms with Gasteiger partial charge in [-0.3, -0.25) is 4.99 Å². The minimum absolute atomic E-state index is 0. The van der Waals surface area contributed by atoms with E-state index in [-0.39, 0.29) is 24.0 Å². The van der Waals surface area contributed by atoms with E-state index in [1.165, 1.54) is 0 Å². The molecule has 0 spiro atoms. The van der Waals surface area contributed by atoms with Gasteiger partial charge in [-0.05, 0) is 6.42 Å². The number of aliphatic imine (C=N–C) groups is 1. The molecule has 8 nitrogen and oxygen atoms in total. The number of hydrogen-bond donors (Lipinski definition) is 2. The molecule has 0 unspecified atom stereocenters. The first-order valence-electron chi connectivity index (χ1n) is 6.56. The van der Waals surface area contributed by atoms with Gasteiger partial charge in [0.05, 0.1) is 19.8 Å². The number of aryl methyl sites for hydroxylation is 1. The van der Waals surface area contributed by atoms with Crippen LogP contribution in [0, 0.1) is 6.92 Å². The normalized spacial score (nSPS) is 11.1. The average molecular weight is 413 g/mol. The van der Waals surface area contributed by atoms with E-state index < -0.39 is 0 Å². The summed E-state index contributed by atoms with van der Waals surface area (Å²) in [6, 6.07) is 0. The minimum atomic E-state index is 0. The molecule has 0 bridgehead atoms. The molecular weight excluding hydrogens is 389 g/mol. The number of aromatic nitrogens is 2. The Bertz CT molecular complexity index is 400. The van der Waals surface area contributed by atoms with E-state index in [1.54, 1.807) is 21.1 Å². The van der Waals surface area contributed by atoms with Crippen molar-refractivity contribution < 1.29 is 14.0 Å². The van der Waals surface area contributed by atoms with Crippen LogP contribution < -0.4 is 10.6 Å². The molecular formula is C12H24IN5O3. The lowest BCUT2D eigenvalue weighted by atomic mass is 10.4. The summed E-state index contributed by atoms with van der Waals surface area (Å²) in [5.41, 5.74) is 0. The van der Waals surface area contributed by atoms with E-state index >= 15 is 0 Å². The zero-order chi connectivity index (χ0) is 14.6. The second-order valence-corrected chi connectivity index (χ2v) is 4.04. The van der Waals surface area contributed by atoms with E-state index in [4.69, 9.17) is 14.0 Å². The Labute approximate surface area is 142 Å². The van der Waals surface area contributed by atoms with Gasteiger partial charge in [0.1, 0.15) is 0 Å². The monoisotopic (exact) mass is 413 g/mol. The van der Waals surface area contributed by atoms with Crippen molar-refractivity contribution in [2.45, 2.75) is 19.9 Å². The number of guanidine groups is 1. The second kappa shape index (κ2) is 12.8. The van der Waals surface area contributed by atoms with Gasteiger partial charge in [-0.2, -0.15) is 4.98 Å². The van der Waals surface area contributed by atoms with Gasteiger partial charge in [0, 0.05) is 34.2 Å². The first kappa shape index (κ1) is 20.1. The van der Waals surface area contributed by atoms with Gasteiger partial charge in [0.25, 0.3) is 0 Å². The molecule has 0 saturated carbocycles. The second-order valence-electron chi connectivity index (χ2n) is 4.04. The molecule has 0 atom stereocenters. The van der Waals surface area contributed by atoms with Crippen LogP contribution in [0.4, 0.5) is 0 Å². The molecule has 0 aromatic carbocycles. The van der Waals surface area contributed by atoms with Gasteiger partial charge in [-0.1, -0.05) is 5.16 Å². The van der Waals surface area contributed by atoms with Crippen molar-refractivity contribution in [1.82, 2.24) is 20.8 Å². The van der Waals surface area contributed by atoms with Gasteiger partial charge >= 0.3 is 0 Å². The van der Waals surface area contributed by atoms with E-state index in [0.29, 0.717) is 44.0 Å². The molecule has 1 rings (SSSR count). The molecule has 21 heavy (non-hydrogen) atoms. The van der Waals surface area contributed by atoms with E-state index in [9.17, 15) is 0 Å². The van der Waals surface area contributed by atoms with Crippen molar-refractivity contribution in [1.29, 1.82) is 0 Å². The quantitative estimate of drug-likeness (QED) is 0.267. The molecule has 2 N–H and O–H groups in total. The molecule has 0 radical (unpaired) electrons. The van der Waals surface area contributed by atoms with Gasteiger partial charge in [0.2, 0.25) is 5.89 Å². The fourth-order valence-electron chi connectivity index (χ4n) is 1.42. The number of methoxy groups -OCH3 is 1. The summed E-state index contributed by atoms with van der Waals surface area (Å²) in [7, 11) is 3.37. The van der Waals surface area contributed by atoms with Crippen LogP contribution in [0.1, 0.15) is 18.1 Å². The SMILES string of the molecule is CN=C(NCCCOCCOC)NCc1noc(C)n1.I. The lowest BCUT2D eigenvalue weighted by Gasteiger charge is -2.10. The van der Waals surface area contributed by atoms with Crippen LogP contribution in [-0.2, 0) is 16.0 Å². The fraction of sp³-hybridized carbons (Fsp3) is 0.750. The van der Waals surface area contributed by atoms with Gasteiger partial charge in [-0.25, -0.2) is 0 Å². The zero-order valence-corrected chi connectivity index (χ0v) is 15.0. The summed E-state index contributed by atoms with van der Waals surface area (Å²) in [6.45, 7) is 4.95. The van der Waals surface area contributed by atoms with Gasteiger partial charge < -0.3 is 24.6 Å². The molecule has 0 saturated heterocycles. The summed E-state index contributed by atoms with van der Waals surface area (Å²) < 4.78 is 15.1. The molecule has 1 aromatic rings. The van der Waals surface area contributed by atoms with E-state index in [1.807, 2.05) is 0 Å². The molecule has 122 valence electrons. The predicted octanol–water partition coefficient (Wildman–Crippen LogP) is 0.714. The Morgan fingerprint density at radius 1 is 1.29 bits per heavy atom. The Hall–Kier alpha value is -0.940. The van der Waals surface area contributed by atoms with Crippen molar-refractivity contribution in [2.24, 2.45) is 4.99 Å². The predicted molar refractivity (Wildman–Crippen MR) is 90.0 cm³/mol. The first-order valence-corrected chi connectivity index (χ1v) is 6.56. The fourth-order valence-corrected chi connectivity index (χ4v) is 1.42. The van der Waals surface area contributed by atoms with Crippen LogP contribution in [0.25, 0.3) is 0 Å². The molecule has 0 aliphatic rings. The highest BCUT2D eigenvalue weighted by Gasteiger charge is 2.03. The van der Waals surface area contributed by atoms with Crippen molar-refractivity contribution in [3.63, 3.8) is 0 Å². The molecule has 0 fully saturated rings. The minimum Gasteiger partial charge on any atom is -0.382 e. The Balaban J connectivity index is 0.00000400. The third-order valence-corrected chi connectivity index (χ3v) is 2.40. The van der Waals surface area contributed by atoms with E-state index in [2.05, 4.69) is 25.8 Å². The number of rotatable bonds is 9. The zero-order valence-electron chi connectivity index (χ0n) is 12.7. The number of nitrogens with zero attached hydrogens (tertiary/aromatic N) is 3. The lowest BCUT2D eigenvalue weighted by Crippen LogP contribution is -2.37.